The smallest absolute Gasteiger partial charge is 0.122 e. The summed E-state index contributed by atoms with van der Waals surface area (Å²) in [5.41, 5.74) is 10.2. The molecule has 0 radical (unpaired) electrons. The van der Waals surface area contributed by atoms with Crippen LogP contribution in [0.2, 0.25) is 0 Å². The highest BCUT2D eigenvalue weighted by atomic mass is 16.5. The minimum absolute atomic E-state index is 0.284. The van der Waals surface area contributed by atoms with Gasteiger partial charge in [-0.2, -0.15) is 0 Å². The zero-order valence-electron chi connectivity index (χ0n) is 11.7. The summed E-state index contributed by atoms with van der Waals surface area (Å²) in [5, 5.41) is 12.6. The first-order chi connectivity index (χ1) is 8.51. The molecule has 0 saturated carbocycles. The number of ether oxygens (including phenoxy) is 1. The van der Waals surface area contributed by atoms with Gasteiger partial charge in [0.15, 0.2) is 0 Å². The third-order valence-corrected chi connectivity index (χ3v) is 3.38. The zero-order valence-corrected chi connectivity index (χ0v) is 11.7. The second kappa shape index (κ2) is 6.73. The molecule has 1 aromatic rings. The highest BCUT2D eigenvalue weighted by molar-refractivity contribution is 5.48. The fourth-order valence-electron chi connectivity index (χ4n) is 2.03. The van der Waals surface area contributed by atoms with Crippen LogP contribution in [0.4, 0.5) is 0 Å². The first kappa shape index (κ1) is 15.0. The van der Waals surface area contributed by atoms with Gasteiger partial charge in [0.05, 0.1) is 13.2 Å². The summed E-state index contributed by atoms with van der Waals surface area (Å²) in [6, 6.07) is 2.05. The number of aliphatic hydroxyl groups excluding tert-OH is 1. The Morgan fingerprint density at radius 1 is 1.33 bits per heavy atom. The van der Waals surface area contributed by atoms with Crippen molar-refractivity contribution in [2.45, 2.75) is 33.4 Å². The van der Waals surface area contributed by atoms with Crippen LogP contribution in [0.25, 0.3) is 0 Å². The highest BCUT2D eigenvalue weighted by Gasteiger charge is 2.10. The van der Waals surface area contributed by atoms with E-state index in [0.29, 0.717) is 6.54 Å². The van der Waals surface area contributed by atoms with Crippen LogP contribution in [-0.4, -0.2) is 31.4 Å². The van der Waals surface area contributed by atoms with Crippen molar-refractivity contribution < 1.29 is 9.84 Å². The predicted molar refractivity (Wildman–Crippen MR) is 74.0 cm³/mol. The fraction of sp³-hybridized carbons (Fsp3) is 0.571. The number of benzene rings is 1. The van der Waals surface area contributed by atoms with Crippen molar-refractivity contribution in [1.82, 2.24) is 5.32 Å². The lowest BCUT2D eigenvalue weighted by Gasteiger charge is -2.17. The molecule has 0 amide bonds. The largest absolute Gasteiger partial charge is 0.496 e. The molecule has 102 valence electrons. The van der Waals surface area contributed by atoms with Crippen LogP contribution >= 0.6 is 0 Å². The Morgan fingerprint density at radius 3 is 2.56 bits per heavy atom. The number of nitrogens with one attached hydrogen (secondary N) is 1. The minimum atomic E-state index is -0.482. The van der Waals surface area contributed by atoms with Crippen molar-refractivity contribution in [3.05, 3.63) is 28.3 Å². The molecule has 0 aliphatic heterocycles. The molecular formula is C14H24N2O2. The quantitative estimate of drug-likeness (QED) is 0.707. The topological polar surface area (TPSA) is 67.5 Å². The van der Waals surface area contributed by atoms with Crippen molar-refractivity contribution in [1.29, 1.82) is 0 Å². The Balaban J connectivity index is 2.80. The van der Waals surface area contributed by atoms with Gasteiger partial charge in [0, 0.05) is 19.6 Å². The van der Waals surface area contributed by atoms with Gasteiger partial charge in [-0.3, -0.25) is 0 Å². The molecule has 1 aromatic carbocycles. The number of hydrogen-bond donors (Lipinski definition) is 3. The number of rotatable bonds is 6. The molecule has 4 nitrogen and oxygen atoms in total. The van der Waals surface area contributed by atoms with E-state index in [4.69, 9.17) is 10.5 Å². The summed E-state index contributed by atoms with van der Waals surface area (Å²) in [4.78, 5) is 0. The van der Waals surface area contributed by atoms with Gasteiger partial charge in [0.1, 0.15) is 5.75 Å². The molecule has 0 bridgehead atoms. The summed E-state index contributed by atoms with van der Waals surface area (Å²) in [6.07, 6.45) is -0.482. The molecule has 0 fully saturated rings. The molecule has 4 heteroatoms. The molecule has 1 atom stereocenters. The van der Waals surface area contributed by atoms with Gasteiger partial charge < -0.3 is 20.9 Å². The second-order valence-electron chi connectivity index (χ2n) is 4.64. The molecule has 0 saturated heterocycles. The van der Waals surface area contributed by atoms with Crippen molar-refractivity contribution in [2.75, 3.05) is 20.2 Å². The maximum Gasteiger partial charge on any atom is 0.122 e. The highest BCUT2D eigenvalue weighted by Crippen LogP contribution is 2.27. The lowest BCUT2D eigenvalue weighted by Crippen LogP contribution is -2.32. The van der Waals surface area contributed by atoms with Gasteiger partial charge in [0.2, 0.25) is 0 Å². The molecule has 0 aromatic heterocycles. The summed E-state index contributed by atoms with van der Waals surface area (Å²) < 4.78 is 5.34. The number of nitrogens with two attached hydrogens (primary N) is 1. The lowest BCUT2D eigenvalue weighted by atomic mass is 9.97. The van der Waals surface area contributed by atoms with Gasteiger partial charge in [-0.25, -0.2) is 0 Å². The van der Waals surface area contributed by atoms with Crippen LogP contribution in [0, 0.1) is 20.8 Å². The van der Waals surface area contributed by atoms with Crippen molar-refractivity contribution in [3.8, 4) is 5.75 Å². The Hall–Kier alpha value is -1.10. The average molecular weight is 252 g/mol. The first-order valence-corrected chi connectivity index (χ1v) is 6.23. The Morgan fingerprint density at radius 2 is 2.00 bits per heavy atom. The summed E-state index contributed by atoms with van der Waals surface area (Å²) >= 11 is 0. The molecule has 1 unspecified atom stereocenters. The second-order valence-corrected chi connectivity index (χ2v) is 4.64. The van der Waals surface area contributed by atoms with E-state index in [1.54, 1.807) is 7.11 Å². The van der Waals surface area contributed by atoms with Gasteiger partial charge >= 0.3 is 0 Å². The van der Waals surface area contributed by atoms with Crippen LogP contribution in [0.15, 0.2) is 6.07 Å². The van der Waals surface area contributed by atoms with Crippen LogP contribution in [0.1, 0.15) is 22.3 Å². The van der Waals surface area contributed by atoms with Gasteiger partial charge in [0.25, 0.3) is 0 Å². The average Bonchev–Trinajstić information content (AvgIpc) is 2.37. The van der Waals surface area contributed by atoms with E-state index >= 15 is 0 Å². The number of aliphatic hydroxyl groups is 1. The molecule has 0 aliphatic rings. The van der Waals surface area contributed by atoms with Crippen molar-refractivity contribution >= 4 is 0 Å². The number of methoxy groups -OCH3 is 1. The predicted octanol–water partition coefficient (Wildman–Crippen LogP) is 1.03. The molecule has 0 heterocycles. The number of hydrogen-bond acceptors (Lipinski definition) is 4. The van der Waals surface area contributed by atoms with Crippen LogP contribution in [0.5, 0.6) is 5.75 Å². The van der Waals surface area contributed by atoms with E-state index in [-0.39, 0.29) is 6.54 Å². The van der Waals surface area contributed by atoms with E-state index in [0.717, 1.165) is 12.3 Å². The maximum absolute atomic E-state index is 9.40. The van der Waals surface area contributed by atoms with E-state index in [1.807, 2.05) is 0 Å². The maximum atomic E-state index is 9.40. The fourth-order valence-corrected chi connectivity index (χ4v) is 2.03. The molecule has 4 N–H and O–H groups in total. The third kappa shape index (κ3) is 3.45. The van der Waals surface area contributed by atoms with E-state index in [2.05, 4.69) is 32.2 Å². The Bertz CT molecular complexity index is 405. The van der Waals surface area contributed by atoms with Gasteiger partial charge in [-0.15, -0.1) is 0 Å². The first-order valence-electron chi connectivity index (χ1n) is 6.23. The van der Waals surface area contributed by atoms with Gasteiger partial charge in [-0.05, 0) is 49.1 Å². The molecule has 0 aliphatic carbocycles. The summed E-state index contributed by atoms with van der Waals surface area (Å²) in [7, 11) is 1.69. The van der Waals surface area contributed by atoms with Gasteiger partial charge in [-0.1, -0.05) is 0 Å². The Labute approximate surface area is 109 Å². The lowest BCUT2D eigenvalue weighted by molar-refractivity contribution is 0.179. The molecule has 1 rings (SSSR count). The molecule has 0 spiro atoms. The summed E-state index contributed by atoms with van der Waals surface area (Å²) in [6.45, 7) is 7.77. The third-order valence-electron chi connectivity index (χ3n) is 3.38. The van der Waals surface area contributed by atoms with Crippen molar-refractivity contribution in [3.63, 3.8) is 0 Å². The zero-order chi connectivity index (χ0) is 13.7. The van der Waals surface area contributed by atoms with Crippen molar-refractivity contribution in [2.24, 2.45) is 5.73 Å². The normalized spacial score (nSPS) is 12.6. The summed E-state index contributed by atoms with van der Waals surface area (Å²) in [5.74, 6) is 0.927. The van der Waals surface area contributed by atoms with E-state index in [9.17, 15) is 5.11 Å². The van der Waals surface area contributed by atoms with Crippen LogP contribution < -0.4 is 15.8 Å². The number of aryl methyl sites for hydroxylation is 1. The molecular weight excluding hydrogens is 228 g/mol. The van der Waals surface area contributed by atoms with Crippen LogP contribution in [-0.2, 0) is 6.54 Å². The van der Waals surface area contributed by atoms with E-state index in [1.165, 1.54) is 22.3 Å². The van der Waals surface area contributed by atoms with Crippen LogP contribution in [0.3, 0.4) is 0 Å². The SMILES string of the molecule is COc1cc(C)c(CNCC(O)CN)c(C)c1C. The Kier molecular flexibility index (Phi) is 5.59. The molecule has 18 heavy (non-hydrogen) atoms. The minimum Gasteiger partial charge on any atom is -0.496 e. The van der Waals surface area contributed by atoms with E-state index < -0.39 is 6.10 Å². The monoisotopic (exact) mass is 252 g/mol. The standard InChI is InChI=1S/C14H24N2O2/c1-9-5-14(18-4)11(3)10(2)13(9)8-16-7-12(17)6-15/h5,12,16-17H,6-8,15H2,1-4H3.